The van der Waals surface area contributed by atoms with Gasteiger partial charge in [0, 0.05) is 19.2 Å². The van der Waals surface area contributed by atoms with Crippen molar-refractivity contribution < 1.29 is 22.6 Å². The fourth-order valence-corrected chi connectivity index (χ4v) is 5.18. The molecule has 0 aromatic heterocycles. The molecule has 0 amide bonds. The maximum atomic E-state index is 13.1. The Hall–Kier alpha value is -0.860. The van der Waals surface area contributed by atoms with E-state index in [0.29, 0.717) is 45.1 Å². The number of sulfonamides is 1. The molecule has 2 heterocycles. The zero-order chi connectivity index (χ0) is 15.8. The van der Waals surface area contributed by atoms with Crippen LogP contribution in [0.25, 0.3) is 0 Å². The van der Waals surface area contributed by atoms with Gasteiger partial charge in [0.2, 0.25) is 10.0 Å². The van der Waals surface area contributed by atoms with E-state index in [1.54, 1.807) is 6.07 Å². The molecule has 22 heavy (non-hydrogen) atoms. The van der Waals surface area contributed by atoms with Gasteiger partial charge < -0.3 is 14.2 Å². The van der Waals surface area contributed by atoms with Crippen molar-refractivity contribution in [3.05, 3.63) is 23.2 Å². The number of benzene rings is 1. The molecule has 1 atom stereocenters. The minimum Gasteiger partial charge on any atom is -0.497 e. The van der Waals surface area contributed by atoms with Crippen molar-refractivity contribution in [3.63, 3.8) is 0 Å². The Balaban J connectivity index is 2.04. The maximum absolute atomic E-state index is 13.1. The third kappa shape index (κ3) is 2.61. The number of methoxy groups -OCH3 is 1. The first-order valence-corrected chi connectivity index (χ1v) is 8.83. The average molecular weight is 348 g/mol. The molecular weight excluding hydrogens is 330 g/mol. The summed E-state index contributed by atoms with van der Waals surface area (Å²) in [5.74, 6) is 0.452. The fraction of sp³-hybridized carbons (Fsp3) is 0.571. The molecule has 0 N–H and O–H groups in total. The van der Waals surface area contributed by atoms with Gasteiger partial charge in [0.05, 0.1) is 37.5 Å². The number of halogens is 1. The molecule has 0 saturated carbocycles. The Morgan fingerprint density at radius 2 is 2.00 bits per heavy atom. The van der Waals surface area contributed by atoms with E-state index >= 15 is 0 Å². The predicted octanol–water partition coefficient (Wildman–Crippen LogP) is 1.53. The Bertz CT molecular complexity index is 657. The van der Waals surface area contributed by atoms with Crippen molar-refractivity contribution in [2.45, 2.75) is 16.9 Å². The van der Waals surface area contributed by atoms with E-state index in [0.717, 1.165) is 0 Å². The minimum absolute atomic E-state index is 0.0571. The number of nitrogens with zero attached hydrogens (tertiary/aromatic N) is 1. The van der Waals surface area contributed by atoms with Crippen molar-refractivity contribution in [1.82, 2.24) is 4.31 Å². The monoisotopic (exact) mass is 347 g/mol. The first-order chi connectivity index (χ1) is 10.5. The van der Waals surface area contributed by atoms with E-state index in [4.69, 9.17) is 25.8 Å². The molecular formula is C14H18ClNO5S. The summed E-state index contributed by atoms with van der Waals surface area (Å²) >= 11 is 6.13. The molecule has 0 unspecified atom stereocenters. The molecule has 1 aromatic carbocycles. The number of ether oxygens (including phenoxy) is 3. The third-order valence-corrected chi connectivity index (χ3v) is 6.61. The van der Waals surface area contributed by atoms with Crippen LogP contribution in [0.5, 0.6) is 5.75 Å². The summed E-state index contributed by atoms with van der Waals surface area (Å²) in [5.41, 5.74) is -0.635. The minimum atomic E-state index is -3.76. The van der Waals surface area contributed by atoms with E-state index in [2.05, 4.69) is 0 Å². The molecule has 2 fully saturated rings. The van der Waals surface area contributed by atoms with Gasteiger partial charge in [-0.3, -0.25) is 0 Å². The summed E-state index contributed by atoms with van der Waals surface area (Å²) in [6.45, 7) is 1.87. The highest BCUT2D eigenvalue weighted by Gasteiger charge is 2.49. The van der Waals surface area contributed by atoms with Crippen LogP contribution in [-0.4, -0.2) is 58.3 Å². The number of hydrogen-bond acceptors (Lipinski definition) is 5. The van der Waals surface area contributed by atoms with Crippen LogP contribution >= 0.6 is 11.6 Å². The molecule has 2 aliphatic heterocycles. The Morgan fingerprint density at radius 3 is 2.64 bits per heavy atom. The lowest BCUT2D eigenvalue weighted by atomic mass is 9.99. The quantitative estimate of drug-likeness (QED) is 0.829. The smallest absolute Gasteiger partial charge is 0.245 e. The van der Waals surface area contributed by atoms with Gasteiger partial charge in [-0.2, -0.15) is 4.31 Å². The molecule has 0 bridgehead atoms. The fourth-order valence-electron chi connectivity index (χ4n) is 2.93. The summed E-state index contributed by atoms with van der Waals surface area (Å²) < 4.78 is 43.8. The van der Waals surface area contributed by atoms with Gasteiger partial charge in [-0.1, -0.05) is 11.6 Å². The van der Waals surface area contributed by atoms with Gasteiger partial charge in [-0.15, -0.1) is 0 Å². The average Bonchev–Trinajstić information content (AvgIpc) is 2.96. The number of rotatable bonds is 3. The molecule has 122 valence electrons. The summed E-state index contributed by atoms with van der Waals surface area (Å²) in [7, 11) is -2.27. The summed E-state index contributed by atoms with van der Waals surface area (Å²) in [6, 6.07) is 4.62. The van der Waals surface area contributed by atoms with Crippen molar-refractivity contribution in [2.75, 3.05) is 40.1 Å². The lowest BCUT2D eigenvalue weighted by Gasteiger charge is -2.42. The lowest BCUT2D eigenvalue weighted by Crippen LogP contribution is -2.59. The van der Waals surface area contributed by atoms with E-state index in [1.807, 2.05) is 0 Å². The van der Waals surface area contributed by atoms with Gasteiger partial charge in [0.1, 0.15) is 10.6 Å². The van der Waals surface area contributed by atoms with E-state index in [-0.39, 0.29) is 9.92 Å². The van der Waals surface area contributed by atoms with Crippen molar-refractivity contribution >= 4 is 21.6 Å². The first kappa shape index (κ1) is 16.0. The molecule has 1 spiro atoms. The molecule has 0 radical (unpaired) electrons. The zero-order valence-electron chi connectivity index (χ0n) is 12.2. The van der Waals surface area contributed by atoms with E-state index in [9.17, 15) is 8.42 Å². The highest BCUT2D eigenvalue weighted by molar-refractivity contribution is 7.89. The van der Waals surface area contributed by atoms with Crippen LogP contribution in [0.2, 0.25) is 5.02 Å². The second kappa shape index (κ2) is 5.98. The second-order valence-corrected chi connectivity index (χ2v) is 7.69. The molecule has 3 rings (SSSR count). The molecule has 1 aromatic rings. The van der Waals surface area contributed by atoms with E-state index in [1.165, 1.54) is 23.5 Å². The number of morpholine rings is 1. The van der Waals surface area contributed by atoms with Crippen molar-refractivity contribution in [3.8, 4) is 5.75 Å². The normalized spacial score (nSPS) is 26.5. The molecule has 8 heteroatoms. The van der Waals surface area contributed by atoms with E-state index < -0.39 is 15.6 Å². The van der Waals surface area contributed by atoms with Crippen molar-refractivity contribution in [2.24, 2.45) is 0 Å². The van der Waals surface area contributed by atoms with Gasteiger partial charge in [0.15, 0.2) is 0 Å². The van der Waals surface area contributed by atoms with Crippen LogP contribution in [0.1, 0.15) is 6.42 Å². The predicted molar refractivity (Wildman–Crippen MR) is 80.9 cm³/mol. The molecule has 2 aliphatic rings. The van der Waals surface area contributed by atoms with Crippen LogP contribution in [0, 0.1) is 0 Å². The summed E-state index contributed by atoms with van der Waals surface area (Å²) in [6.07, 6.45) is 0.619. The summed E-state index contributed by atoms with van der Waals surface area (Å²) in [4.78, 5) is 0.0571. The Kier molecular flexibility index (Phi) is 4.35. The van der Waals surface area contributed by atoms with Crippen LogP contribution < -0.4 is 4.74 Å². The lowest BCUT2D eigenvalue weighted by molar-refractivity contribution is -0.0293. The Labute approximate surface area is 135 Å². The van der Waals surface area contributed by atoms with Gasteiger partial charge in [0.25, 0.3) is 0 Å². The largest absolute Gasteiger partial charge is 0.497 e. The Morgan fingerprint density at radius 1 is 1.27 bits per heavy atom. The maximum Gasteiger partial charge on any atom is 0.245 e. The zero-order valence-corrected chi connectivity index (χ0v) is 13.8. The highest BCUT2D eigenvalue weighted by Crippen LogP contribution is 2.37. The first-order valence-electron chi connectivity index (χ1n) is 7.01. The molecule has 0 aliphatic carbocycles. The second-order valence-electron chi connectivity index (χ2n) is 5.45. The summed E-state index contributed by atoms with van der Waals surface area (Å²) in [5, 5.41) is 0.182. The van der Waals surface area contributed by atoms with Crippen LogP contribution in [0.4, 0.5) is 0 Å². The van der Waals surface area contributed by atoms with Crippen LogP contribution in [-0.2, 0) is 19.5 Å². The van der Waals surface area contributed by atoms with Gasteiger partial charge >= 0.3 is 0 Å². The van der Waals surface area contributed by atoms with Gasteiger partial charge in [-0.25, -0.2) is 8.42 Å². The third-order valence-electron chi connectivity index (χ3n) is 4.13. The SMILES string of the molecule is COc1ccc(Cl)c(S(=O)(=O)N2CCOC[C@]23CCOC3)c1. The van der Waals surface area contributed by atoms with Gasteiger partial charge in [-0.05, 0) is 18.6 Å². The number of hydrogen-bond donors (Lipinski definition) is 0. The standard InChI is InChI=1S/C14H18ClNO5S/c1-19-11-2-3-12(15)13(8-11)22(17,18)16-5-7-21-10-14(16)4-6-20-9-14/h2-3,8H,4-7,9-10H2,1H3/t14-/m1/s1. The van der Waals surface area contributed by atoms with Crippen molar-refractivity contribution in [1.29, 1.82) is 0 Å². The van der Waals surface area contributed by atoms with Crippen LogP contribution in [0.15, 0.2) is 23.1 Å². The topological polar surface area (TPSA) is 65.1 Å². The highest BCUT2D eigenvalue weighted by atomic mass is 35.5. The molecule has 6 nitrogen and oxygen atoms in total. The van der Waals surface area contributed by atoms with Crippen LogP contribution in [0.3, 0.4) is 0 Å². The molecule has 2 saturated heterocycles.